The lowest BCUT2D eigenvalue weighted by Gasteiger charge is -2.28. The van der Waals surface area contributed by atoms with Gasteiger partial charge in [0, 0.05) is 35.0 Å². The SMILES string of the molecule is CCN(CCC#N)C(=O)[C@H]1CCc2c(sc3ncnc(Nc4ccc5[nH]ncc5c4)c23)C1. The fourth-order valence-electron chi connectivity index (χ4n) is 4.44. The molecule has 162 valence electrons. The van der Waals surface area contributed by atoms with Crippen LogP contribution in [0.3, 0.4) is 0 Å². The second kappa shape index (κ2) is 8.55. The first-order chi connectivity index (χ1) is 15.7. The van der Waals surface area contributed by atoms with Gasteiger partial charge >= 0.3 is 0 Å². The van der Waals surface area contributed by atoms with E-state index in [1.165, 1.54) is 10.4 Å². The number of nitrogens with one attached hydrogen (secondary N) is 2. The summed E-state index contributed by atoms with van der Waals surface area (Å²) in [5.74, 6) is 0.912. The average molecular weight is 446 g/mol. The van der Waals surface area contributed by atoms with Crippen LogP contribution in [-0.4, -0.2) is 44.1 Å². The molecular weight excluding hydrogens is 422 g/mol. The maximum atomic E-state index is 13.0. The molecule has 0 aliphatic heterocycles. The third-order valence-electron chi connectivity index (χ3n) is 6.08. The second-order valence-corrected chi connectivity index (χ2v) is 9.05. The van der Waals surface area contributed by atoms with Gasteiger partial charge in [0.15, 0.2) is 0 Å². The lowest BCUT2D eigenvalue weighted by molar-refractivity contribution is -0.135. The monoisotopic (exact) mass is 445 g/mol. The van der Waals surface area contributed by atoms with Crippen molar-refractivity contribution >= 4 is 49.9 Å². The molecule has 1 aromatic carbocycles. The highest BCUT2D eigenvalue weighted by Crippen LogP contribution is 2.40. The number of amides is 1. The minimum Gasteiger partial charge on any atom is -0.342 e. The highest BCUT2D eigenvalue weighted by atomic mass is 32.1. The van der Waals surface area contributed by atoms with Gasteiger partial charge in [-0.15, -0.1) is 11.3 Å². The Morgan fingerprint density at radius 2 is 2.31 bits per heavy atom. The Hall–Kier alpha value is -3.51. The minimum atomic E-state index is -0.0397. The number of rotatable bonds is 6. The van der Waals surface area contributed by atoms with Crippen LogP contribution in [0.2, 0.25) is 0 Å². The maximum absolute atomic E-state index is 13.0. The molecule has 0 unspecified atom stereocenters. The Morgan fingerprint density at radius 1 is 1.41 bits per heavy atom. The molecule has 2 N–H and O–H groups in total. The van der Waals surface area contributed by atoms with E-state index in [-0.39, 0.29) is 11.8 Å². The lowest BCUT2D eigenvalue weighted by Crippen LogP contribution is -2.38. The number of aryl methyl sites for hydroxylation is 1. The third kappa shape index (κ3) is 3.67. The molecule has 3 aromatic heterocycles. The third-order valence-corrected chi connectivity index (χ3v) is 7.25. The standard InChI is InChI=1S/C23H23N7OS/c1-2-30(9-3-8-24)23(31)14-4-6-17-19(11-14)32-22-20(17)21(25-13-26-22)28-16-5-7-18-15(10-16)12-27-29-18/h5,7,10,12-14H,2-4,6,9,11H2,1H3,(H,27,29)(H,25,26,28)/t14-/m0/s1. The van der Waals surface area contributed by atoms with Crippen LogP contribution in [0.4, 0.5) is 11.5 Å². The summed E-state index contributed by atoms with van der Waals surface area (Å²) in [5, 5.41) is 21.5. The number of thiophene rings is 1. The molecule has 0 spiro atoms. The van der Waals surface area contributed by atoms with E-state index < -0.39 is 0 Å². The molecule has 3 heterocycles. The first kappa shape index (κ1) is 20.4. The number of hydrogen-bond acceptors (Lipinski definition) is 7. The molecule has 1 atom stereocenters. The van der Waals surface area contributed by atoms with E-state index in [0.29, 0.717) is 19.5 Å². The van der Waals surface area contributed by atoms with E-state index in [1.807, 2.05) is 30.0 Å². The number of carbonyl (C=O) groups is 1. The lowest BCUT2D eigenvalue weighted by atomic mass is 9.86. The molecular formula is C23H23N7OS. The highest BCUT2D eigenvalue weighted by molar-refractivity contribution is 7.19. The summed E-state index contributed by atoms with van der Waals surface area (Å²) in [5.41, 5.74) is 3.18. The molecule has 5 rings (SSSR count). The zero-order valence-corrected chi connectivity index (χ0v) is 18.6. The predicted octanol–water partition coefficient (Wildman–Crippen LogP) is 4.18. The zero-order valence-electron chi connectivity index (χ0n) is 17.8. The molecule has 0 saturated carbocycles. The van der Waals surface area contributed by atoms with Crippen LogP contribution in [-0.2, 0) is 17.6 Å². The number of aromatic amines is 1. The van der Waals surface area contributed by atoms with Gasteiger partial charge in [0.1, 0.15) is 17.0 Å². The summed E-state index contributed by atoms with van der Waals surface area (Å²) in [6.07, 6.45) is 6.11. The number of benzene rings is 1. The van der Waals surface area contributed by atoms with E-state index >= 15 is 0 Å². The highest BCUT2D eigenvalue weighted by Gasteiger charge is 2.31. The number of aromatic nitrogens is 4. The molecule has 0 saturated heterocycles. The van der Waals surface area contributed by atoms with Crippen LogP contribution in [0.5, 0.6) is 0 Å². The molecule has 8 nitrogen and oxygen atoms in total. The number of carbonyl (C=O) groups excluding carboxylic acids is 1. The van der Waals surface area contributed by atoms with E-state index in [9.17, 15) is 4.79 Å². The first-order valence-electron chi connectivity index (χ1n) is 10.8. The summed E-state index contributed by atoms with van der Waals surface area (Å²) < 4.78 is 0. The van der Waals surface area contributed by atoms with Crippen LogP contribution in [0.15, 0.2) is 30.7 Å². The molecule has 9 heteroatoms. The van der Waals surface area contributed by atoms with Gasteiger partial charge in [0.2, 0.25) is 5.91 Å². The van der Waals surface area contributed by atoms with E-state index in [1.54, 1.807) is 23.9 Å². The van der Waals surface area contributed by atoms with Crippen molar-refractivity contribution in [1.82, 2.24) is 25.1 Å². The quantitative estimate of drug-likeness (QED) is 0.461. The van der Waals surface area contributed by atoms with Crippen molar-refractivity contribution < 1.29 is 4.79 Å². The van der Waals surface area contributed by atoms with Crippen molar-refractivity contribution in [1.29, 1.82) is 5.26 Å². The topological polar surface area (TPSA) is 111 Å². The van der Waals surface area contributed by atoms with E-state index in [2.05, 4.69) is 31.6 Å². The van der Waals surface area contributed by atoms with E-state index in [0.717, 1.165) is 51.9 Å². The first-order valence-corrected chi connectivity index (χ1v) is 11.6. The summed E-state index contributed by atoms with van der Waals surface area (Å²) in [4.78, 5) is 26.0. The van der Waals surface area contributed by atoms with Crippen molar-refractivity contribution in [3.05, 3.63) is 41.2 Å². The Labute approximate surface area is 189 Å². The van der Waals surface area contributed by atoms with Gasteiger partial charge in [0.05, 0.1) is 29.6 Å². The van der Waals surface area contributed by atoms with Crippen molar-refractivity contribution in [3.63, 3.8) is 0 Å². The van der Waals surface area contributed by atoms with Gasteiger partial charge in [-0.2, -0.15) is 10.4 Å². The van der Waals surface area contributed by atoms with Crippen LogP contribution < -0.4 is 5.32 Å². The van der Waals surface area contributed by atoms with Crippen LogP contribution in [0.25, 0.3) is 21.1 Å². The number of nitriles is 1. The van der Waals surface area contributed by atoms with Gasteiger partial charge in [-0.1, -0.05) is 0 Å². The van der Waals surface area contributed by atoms with Gasteiger partial charge in [-0.05, 0) is 49.9 Å². The molecule has 1 amide bonds. The molecule has 32 heavy (non-hydrogen) atoms. The van der Waals surface area contributed by atoms with Gasteiger partial charge < -0.3 is 10.2 Å². The summed E-state index contributed by atoms with van der Waals surface area (Å²) in [7, 11) is 0. The summed E-state index contributed by atoms with van der Waals surface area (Å²) in [6, 6.07) is 8.18. The normalized spacial score (nSPS) is 15.4. The Morgan fingerprint density at radius 3 is 3.16 bits per heavy atom. The van der Waals surface area contributed by atoms with Crippen LogP contribution in [0.1, 0.15) is 30.2 Å². The van der Waals surface area contributed by atoms with E-state index in [4.69, 9.17) is 5.26 Å². The van der Waals surface area contributed by atoms with Crippen LogP contribution >= 0.6 is 11.3 Å². The van der Waals surface area contributed by atoms with Crippen molar-refractivity contribution in [2.24, 2.45) is 5.92 Å². The number of anilines is 2. The van der Waals surface area contributed by atoms with Crippen molar-refractivity contribution in [2.45, 2.75) is 32.6 Å². The van der Waals surface area contributed by atoms with Gasteiger partial charge in [0.25, 0.3) is 0 Å². The fraction of sp³-hybridized carbons (Fsp3) is 0.348. The summed E-state index contributed by atoms with van der Waals surface area (Å²) >= 11 is 1.66. The Balaban J connectivity index is 1.42. The van der Waals surface area contributed by atoms with Crippen molar-refractivity contribution in [3.8, 4) is 6.07 Å². The molecule has 4 aromatic rings. The Bertz CT molecular complexity index is 1340. The Kier molecular flexibility index (Phi) is 5.45. The predicted molar refractivity (Wildman–Crippen MR) is 125 cm³/mol. The number of hydrogen-bond donors (Lipinski definition) is 2. The second-order valence-electron chi connectivity index (χ2n) is 7.97. The van der Waals surface area contributed by atoms with Gasteiger partial charge in [-0.3, -0.25) is 9.89 Å². The number of nitrogens with zero attached hydrogens (tertiary/aromatic N) is 5. The smallest absolute Gasteiger partial charge is 0.226 e. The minimum absolute atomic E-state index is 0.0397. The fourth-order valence-corrected chi connectivity index (χ4v) is 5.71. The van der Waals surface area contributed by atoms with Crippen LogP contribution in [0, 0.1) is 17.2 Å². The molecule has 0 bridgehead atoms. The molecule has 1 aliphatic carbocycles. The molecule has 1 aliphatic rings. The molecule has 0 fully saturated rings. The average Bonchev–Trinajstić information content (AvgIpc) is 3.43. The van der Waals surface area contributed by atoms with Gasteiger partial charge in [-0.25, -0.2) is 9.97 Å². The largest absolute Gasteiger partial charge is 0.342 e. The number of fused-ring (bicyclic) bond motifs is 4. The van der Waals surface area contributed by atoms with Crippen molar-refractivity contribution in [2.75, 3.05) is 18.4 Å². The number of H-pyrrole nitrogens is 1. The molecule has 0 radical (unpaired) electrons. The summed E-state index contributed by atoms with van der Waals surface area (Å²) in [6.45, 7) is 3.11. The maximum Gasteiger partial charge on any atom is 0.226 e. The zero-order chi connectivity index (χ0) is 22.1.